The predicted octanol–water partition coefficient (Wildman–Crippen LogP) is 3.11. The van der Waals surface area contributed by atoms with Crippen LogP contribution in [0, 0.1) is 6.92 Å². The fourth-order valence-electron chi connectivity index (χ4n) is 2.73. The molecule has 3 rings (SSSR count). The minimum Gasteiger partial charge on any atom is -0.456 e. The summed E-state index contributed by atoms with van der Waals surface area (Å²) in [5.74, 6) is 2.78. The topological polar surface area (TPSA) is 72.4 Å². The van der Waals surface area contributed by atoms with Gasteiger partial charge in [0.2, 0.25) is 5.89 Å². The maximum Gasteiger partial charge on any atom is 0.289 e. The van der Waals surface area contributed by atoms with E-state index in [1.54, 1.807) is 6.07 Å². The van der Waals surface area contributed by atoms with Gasteiger partial charge in [0.15, 0.2) is 11.6 Å². The molecule has 1 aliphatic rings. The van der Waals surface area contributed by atoms with Crippen LogP contribution in [0.1, 0.15) is 66.6 Å². The molecule has 1 fully saturated rings. The van der Waals surface area contributed by atoms with E-state index in [1.807, 2.05) is 31.7 Å². The Hall–Kier alpha value is -2.11. The molecule has 1 aliphatic heterocycles. The van der Waals surface area contributed by atoms with E-state index < -0.39 is 0 Å². The number of rotatable bonds is 3. The van der Waals surface area contributed by atoms with Crippen molar-refractivity contribution < 1.29 is 13.7 Å². The largest absolute Gasteiger partial charge is 0.456 e. The molecule has 0 bridgehead atoms. The van der Waals surface area contributed by atoms with E-state index in [2.05, 4.69) is 10.1 Å². The van der Waals surface area contributed by atoms with Gasteiger partial charge in [-0.3, -0.25) is 4.79 Å². The van der Waals surface area contributed by atoms with Crippen molar-refractivity contribution >= 4 is 5.91 Å². The Kier molecular flexibility index (Phi) is 4.00. The van der Waals surface area contributed by atoms with Gasteiger partial charge in [-0.2, -0.15) is 4.98 Å². The third-order valence-corrected chi connectivity index (χ3v) is 3.98. The van der Waals surface area contributed by atoms with Crippen molar-refractivity contribution in [2.45, 2.75) is 45.4 Å². The zero-order valence-corrected chi connectivity index (χ0v) is 13.2. The van der Waals surface area contributed by atoms with Crippen molar-refractivity contribution in [2.24, 2.45) is 0 Å². The van der Waals surface area contributed by atoms with Crippen LogP contribution in [0.2, 0.25) is 0 Å². The molecule has 0 aliphatic carbocycles. The van der Waals surface area contributed by atoms with Crippen molar-refractivity contribution in [3.05, 3.63) is 35.4 Å². The van der Waals surface area contributed by atoms with Gasteiger partial charge in [-0.1, -0.05) is 19.0 Å². The van der Waals surface area contributed by atoms with Gasteiger partial charge in [0.25, 0.3) is 5.91 Å². The second-order valence-corrected chi connectivity index (χ2v) is 6.15. The molecule has 2 aromatic heterocycles. The monoisotopic (exact) mass is 303 g/mol. The molecule has 118 valence electrons. The first kappa shape index (κ1) is 14.8. The Labute approximate surface area is 129 Å². The summed E-state index contributed by atoms with van der Waals surface area (Å²) in [5.41, 5.74) is 0. The first-order chi connectivity index (χ1) is 10.5. The zero-order chi connectivity index (χ0) is 15.7. The Morgan fingerprint density at radius 1 is 1.41 bits per heavy atom. The third kappa shape index (κ3) is 2.91. The van der Waals surface area contributed by atoms with Gasteiger partial charge in [0.05, 0.1) is 0 Å². The number of furan rings is 1. The number of nitrogens with zero attached hydrogens (tertiary/aromatic N) is 3. The van der Waals surface area contributed by atoms with E-state index in [4.69, 9.17) is 8.94 Å². The third-order valence-electron chi connectivity index (χ3n) is 3.98. The number of likely N-dealkylation sites (tertiary alicyclic amines) is 1. The van der Waals surface area contributed by atoms with Gasteiger partial charge in [-0.15, -0.1) is 0 Å². The maximum atomic E-state index is 12.5. The van der Waals surface area contributed by atoms with Crippen LogP contribution in [0.25, 0.3) is 0 Å². The molecule has 1 atom stereocenters. The van der Waals surface area contributed by atoms with Crippen LogP contribution in [0.5, 0.6) is 0 Å². The van der Waals surface area contributed by atoms with Gasteiger partial charge in [0, 0.05) is 24.9 Å². The number of hydrogen-bond donors (Lipinski definition) is 0. The lowest BCUT2D eigenvalue weighted by Gasteiger charge is -2.30. The molecule has 1 amide bonds. The molecular weight excluding hydrogens is 282 g/mol. The molecule has 22 heavy (non-hydrogen) atoms. The van der Waals surface area contributed by atoms with Gasteiger partial charge in [-0.25, -0.2) is 0 Å². The predicted molar refractivity (Wildman–Crippen MR) is 79.7 cm³/mol. The van der Waals surface area contributed by atoms with E-state index in [1.165, 1.54) is 0 Å². The Morgan fingerprint density at radius 3 is 2.86 bits per heavy atom. The number of amides is 1. The summed E-state index contributed by atoms with van der Waals surface area (Å²) in [5, 5.41) is 4.08. The van der Waals surface area contributed by atoms with Gasteiger partial charge in [0.1, 0.15) is 5.76 Å². The Bertz CT molecular complexity index is 659. The lowest BCUT2D eigenvalue weighted by atomic mass is 9.97. The van der Waals surface area contributed by atoms with Crippen molar-refractivity contribution in [3.8, 4) is 0 Å². The first-order valence-corrected chi connectivity index (χ1v) is 7.74. The van der Waals surface area contributed by atoms with Crippen LogP contribution < -0.4 is 0 Å². The SMILES string of the molecule is Cc1ccc(C(=O)N2CCC[C@@H](c3noc(C(C)C)n3)C2)o1. The summed E-state index contributed by atoms with van der Waals surface area (Å²) < 4.78 is 10.7. The number of carbonyl (C=O) groups is 1. The lowest BCUT2D eigenvalue weighted by molar-refractivity contribution is 0.0670. The normalized spacial score (nSPS) is 18.9. The van der Waals surface area contributed by atoms with Gasteiger partial charge >= 0.3 is 0 Å². The van der Waals surface area contributed by atoms with Crippen molar-refractivity contribution in [2.75, 3.05) is 13.1 Å². The van der Waals surface area contributed by atoms with Crippen LogP contribution in [0.15, 0.2) is 21.1 Å². The highest BCUT2D eigenvalue weighted by molar-refractivity contribution is 5.91. The molecule has 0 unspecified atom stereocenters. The van der Waals surface area contributed by atoms with Crippen molar-refractivity contribution in [1.82, 2.24) is 15.0 Å². The van der Waals surface area contributed by atoms with Crippen LogP contribution in [-0.2, 0) is 0 Å². The average Bonchev–Trinajstić information content (AvgIpc) is 3.15. The quantitative estimate of drug-likeness (QED) is 0.871. The summed E-state index contributed by atoms with van der Waals surface area (Å²) in [6.45, 7) is 7.22. The summed E-state index contributed by atoms with van der Waals surface area (Å²) in [4.78, 5) is 18.8. The molecule has 1 saturated heterocycles. The standard InChI is InChI=1S/C16H21N3O3/c1-10(2)15-17-14(18-22-15)12-5-4-8-19(9-12)16(20)13-7-6-11(3)21-13/h6-7,10,12H,4-5,8-9H2,1-3H3/t12-/m1/s1. The lowest BCUT2D eigenvalue weighted by Crippen LogP contribution is -2.39. The summed E-state index contributed by atoms with van der Waals surface area (Å²) >= 11 is 0. The molecule has 6 heteroatoms. The van der Waals surface area contributed by atoms with Gasteiger partial charge in [-0.05, 0) is 31.9 Å². The highest BCUT2D eigenvalue weighted by atomic mass is 16.5. The first-order valence-electron chi connectivity index (χ1n) is 7.74. The van der Waals surface area contributed by atoms with Crippen molar-refractivity contribution in [3.63, 3.8) is 0 Å². The second kappa shape index (κ2) is 5.94. The van der Waals surface area contributed by atoms with Crippen LogP contribution in [0.4, 0.5) is 0 Å². The summed E-state index contributed by atoms with van der Waals surface area (Å²) in [6, 6.07) is 3.54. The maximum absolute atomic E-state index is 12.5. The smallest absolute Gasteiger partial charge is 0.289 e. The highest BCUT2D eigenvalue weighted by Gasteiger charge is 2.29. The summed E-state index contributed by atoms with van der Waals surface area (Å²) in [7, 11) is 0. The number of hydrogen-bond acceptors (Lipinski definition) is 5. The van der Waals surface area contributed by atoms with Crippen LogP contribution in [0.3, 0.4) is 0 Å². The van der Waals surface area contributed by atoms with E-state index in [9.17, 15) is 4.79 Å². The average molecular weight is 303 g/mol. The van der Waals surface area contributed by atoms with E-state index >= 15 is 0 Å². The minimum atomic E-state index is -0.0645. The Morgan fingerprint density at radius 2 is 2.23 bits per heavy atom. The van der Waals surface area contributed by atoms with Gasteiger partial charge < -0.3 is 13.8 Å². The number of carbonyl (C=O) groups excluding carboxylic acids is 1. The van der Waals surface area contributed by atoms with Crippen LogP contribution in [-0.4, -0.2) is 34.0 Å². The molecule has 0 N–H and O–H groups in total. The minimum absolute atomic E-state index is 0.0645. The molecule has 2 aromatic rings. The van der Waals surface area contributed by atoms with Crippen molar-refractivity contribution in [1.29, 1.82) is 0 Å². The number of aromatic nitrogens is 2. The number of aryl methyl sites for hydroxylation is 1. The Balaban J connectivity index is 1.72. The molecule has 6 nitrogen and oxygen atoms in total. The highest BCUT2D eigenvalue weighted by Crippen LogP contribution is 2.27. The molecule has 0 radical (unpaired) electrons. The second-order valence-electron chi connectivity index (χ2n) is 6.15. The van der Waals surface area contributed by atoms with E-state index in [-0.39, 0.29) is 17.7 Å². The van der Waals surface area contributed by atoms with Crippen LogP contribution >= 0.6 is 0 Å². The summed E-state index contributed by atoms with van der Waals surface area (Å²) in [6.07, 6.45) is 1.90. The fraction of sp³-hybridized carbons (Fsp3) is 0.562. The fourth-order valence-corrected chi connectivity index (χ4v) is 2.73. The molecule has 0 saturated carbocycles. The number of piperidine rings is 1. The van der Waals surface area contributed by atoms with E-state index in [0.29, 0.717) is 24.0 Å². The van der Waals surface area contributed by atoms with E-state index in [0.717, 1.165) is 25.1 Å². The zero-order valence-electron chi connectivity index (χ0n) is 13.2. The molecule has 0 spiro atoms. The molecule has 3 heterocycles. The molecule has 0 aromatic carbocycles. The molecular formula is C16H21N3O3.